The molecule has 3 N–H and O–H groups in total. The van der Waals surface area contributed by atoms with Crippen LogP contribution in [-0.2, 0) is 0 Å². The van der Waals surface area contributed by atoms with Crippen LogP contribution in [0.15, 0.2) is 4.79 Å². The molecule has 19 heavy (non-hydrogen) atoms. The summed E-state index contributed by atoms with van der Waals surface area (Å²) in [6.07, 6.45) is 0.644. The van der Waals surface area contributed by atoms with Crippen LogP contribution in [0.4, 0.5) is 0 Å². The van der Waals surface area contributed by atoms with Gasteiger partial charge in [-0.3, -0.25) is 9.59 Å². The van der Waals surface area contributed by atoms with Gasteiger partial charge in [0.1, 0.15) is 0 Å². The Morgan fingerprint density at radius 1 is 1.42 bits per heavy atom. The Balaban J connectivity index is 2.89. The average Bonchev–Trinajstić information content (AvgIpc) is 2.32. The smallest absolute Gasteiger partial charge is 0.279 e. The van der Waals surface area contributed by atoms with Crippen LogP contribution in [0.25, 0.3) is 0 Å². The van der Waals surface area contributed by atoms with E-state index in [1.807, 2.05) is 13.8 Å². The SMILES string of the molecule is Cc1nc(C(=O)NC(CO)CC(C)C)c(=O)[nH]c1C. The van der Waals surface area contributed by atoms with Crippen molar-refractivity contribution in [3.8, 4) is 0 Å². The van der Waals surface area contributed by atoms with Gasteiger partial charge in [0.15, 0.2) is 5.69 Å². The molecule has 0 bridgehead atoms. The molecule has 0 aliphatic carbocycles. The number of carbonyl (C=O) groups excluding carboxylic acids is 1. The fourth-order valence-electron chi connectivity index (χ4n) is 1.78. The minimum absolute atomic E-state index is 0.160. The predicted octanol–water partition coefficient (Wildman–Crippen LogP) is 0.524. The van der Waals surface area contributed by atoms with E-state index in [4.69, 9.17) is 0 Å². The van der Waals surface area contributed by atoms with Crippen molar-refractivity contribution in [1.82, 2.24) is 15.3 Å². The molecular formula is C13H21N3O3. The van der Waals surface area contributed by atoms with Gasteiger partial charge in [0.2, 0.25) is 0 Å². The molecule has 1 atom stereocenters. The van der Waals surface area contributed by atoms with Crippen LogP contribution in [0.5, 0.6) is 0 Å². The molecule has 0 spiro atoms. The van der Waals surface area contributed by atoms with E-state index in [9.17, 15) is 14.7 Å². The van der Waals surface area contributed by atoms with Crippen LogP contribution < -0.4 is 10.9 Å². The van der Waals surface area contributed by atoms with Crippen LogP contribution in [0.2, 0.25) is 0 Å². The number of H-pyrrole nitrogens is 1. The predicted molar refractivity (Wildman–Crippen MR) is 72.1 cm³/mol. The van der Waals surface area contributed by atoms with E-state index < -0.39 is 11.5 Å². The molecular weight excluding hydrogens is 246 g/mol. The van der Waals surface area contributed by atoms with Gasteiger partial charge in [-0.25, -0.2) is 4.98 Å². The van der Waals surface area contributed by atoms with Gasteiger partial charge in [-0.05, 0) is 26.2 Å². The fourth-order valence-corrected chi connectivity index (χ4v) is 1.78. The number of amides is 1. The fraction of sp³-hybridized carbons (Fsp3) is 0.615. The zero-order chi connectivity index (χ0) is 14.6. The number of aliphatic hydroxyl groups excluding tert-OH is 1. The second-order valence-electron chi connectivity index (χ2n) is 5.11. The van der Waals surface area contributed by atoms with E-state index >= 15 is 0 Å². The van der Waals surface area contributed by atoms with Crippen LogP contribution in [-0.4, -0.2) is 33.6 Å². The van der Waals surface area contributed by atoms with Gasteiger partial charge in [-0.1, -0.05) is 13.8 Å². The van der Waals surface area contributed by atoms with Gasteiger partial charge < -0.3 is 15.4 Å². The lowest BCUT2D eigenvalue weighted by Gasteiger charge is -2.17. The van der Waals surface area contributed by atoms with Gasteiger partial charge >= 0.3 is 0 Å². The Morgan fingerprint density at radius 3 is 2.58 bits per heavy atom. The first-order chi connectivity index (χ1) is 8.85. The van der Waals surface area contributed by atoms with Crippen LogP contribution in [0.1, 0.15) is 42.1 Å². The van der Waals surface area contributed by atoms with Gasteiger partial charge in [-0.2, -0.15) is 0 Å². The molecule has 1 rings (SSSR count). The molecule has 6 heteroatoms. The van der Waals surface area contributed by atoms with E-state index in [0.29, 0.717) is 23.7 Å². The van der Waals surface area contributed by atoms with Crippen molar-refractivity contribution >= 4 is 5.91 Å². The summed E-state index contributed by atoms with van der Waals surface area (Å²) < 4.78 is 0. The van der Waals surface area contributed by atoms with Crippen molar-refractivity contribution in [2.24, 2.45) is 5.92 Å². The molecule has 0 fully saturated rings. The van der Waals surface area contributed by atoms with E-state index in [1.54, 1.807) is 13.8 Å². The first-order valence-electron chi connectivity index (χ1n) is 6.34. The molecule has 1 heterocycles. The number of aryl methyl sites for hydroxylation is 2. The van der Waals surface area contributed by atoms with Gasteiger partial charge in [0.05, 0.1) is 18.3 Å². The van der Waals surface area contributed by atoms with Crippen LogP contribution in [0, 0.1) is 19.8 Å². The average molecular weight is 267 g/mol. The molecule has 1 amide bonds. The molecule has 0 radical (unpaired) electrons. The molecule has 106 valence electrons. The molecule has 0 aliphatic rings. The van der Waals surface area contributed by atoms with Crippen molar-refractivity contribution in [2.45, 2.75) is 40.2 Å². The zero-order valence-electron chi connectivity index (χ0n) is 11.8. The normalized spacial score (nSPS) is 12.5. The number of nitrogens with one attached hydrogen (secondary N) is 2. The molecule has 0 saturated heterocycles. The van der Waals surface area contributed by atoms with Crippen molar-refractivity contribution in [3.63, 3.8) is 0 Å². The van der Waals surface area contributed by atoms with E-state index in [0.717, 1.165) is 0 Å². The van der Waals surface area contributed by atoms with Gasteiger partial charge in [0, 0.05) is 5.69 Å². The second-order valence-corrected chi connectivity index (χ2v) is 5.11. The lowest BCUT2D eigenvalue weighted by atomic mass is 10.0. The molecule has 6 nitrogen and oxygen atoms in total. The number of nitrogens with zero attached hydrogens (tertiary/aromatic N) is 1. The van der Waals surface area contributed by atoms with Crippen molar-refractivity contribution in [3.05, 3.63) is 27.4 Å². The summed E-state index contributed by atoms with van der Waals surface area (Å²) in [5, 5.41) is 11.8. The number of aliphatic hydroxyl groups is 1. The summed E-state index contributed by atoms with van der Waals surface area (Å²) >= 11 is 0. The van der Waals surface area contributed by atoms with Gasteiger partial charge in [0.25, 0.3) is 11.5 Å². The van der Waals surface area contributed by atoms with Crippen molar-refractivity contribution in [1.29, 1.82) is 0 Å². The van der Waals surface area contributed by atoms with Crippen LogP contribution >= 0.6 is 0 Å². The maximum Gasteiger partial charge on any atom is 0.279 e. The lowest BCUT2D eigenvalue weighted by Crippen LogP contribution is -2.41. The van der Waals surface area contributed by atoms with E-state index in [-0.39, 0.29) is 18.3 Å². The topological polar surface area (TPSA) is 95.1 Å². The minimum Gasteiger partial charge on any atom is -0.394 e. The molecule has 1 aromatic heterocycles. The molecule has 0 aliphatic heterocycles. The maximum atomic E-state index is 12.0. The summed E-state index contributed by atoms with van der Waals surface area (Å²) in [5.41, 5.74) is 0.573. The number of aromatic nitrogens is 2. The molecule has 0 aromatic carbocycles. The van der Waals surface area contributed by atoms with E-state index in [1.165, 1.54) is 0 Å². The first-order valence-corrected chi connectivity index (χ1v) is 6.34. The number of rotatable bonds is 5. The van der Waals surface area contributed by atoms with Crippen LogP contribution in [0.3, 0.4) is 0 Å². The highest BCUT2D eigenvalue weighted by Crippen LogP contribution is 2.05. The highest BCUT2D eigenvalue weighted by molar-refractivity contribution is 5.92. The van der Waals surface area contributed by atoms with E-state index in [2.05, 4.69) is 15.3 Å². The maximum absolute atomic E-state index is 12.0. The molecule has 1 unspecified atom stereocenters. The van der Waals surface area contributed by atoms with Gasteiger partial charge in [-0.15, -0.1) is 0 Å². The Kier molecular flexibility index (Phi) is 5.23. The third-order valence-corrected chi connectivity index (χ3v) is 2.86. The summed E-state index contributed by atoms with van der Waals surface area (Å²) in [5.74, 6) is -0.215. The Morgan fingerprint density at radius 2 is 2.05 bits per heavy atom. The number of hydrogen-bond acceptors (Lipinski definition) is 4. The monoisotopic (exact) mass is 267 g/mol. The molecule has 0 saturated carbocycles. The minimum atomic E-state index is -0.552. The highest BCUT2D eigenvalue weighted by atomic mass is 16.3. The third kappa shape index (κ3) is 4.17. The number of aromatic amines is 1. The summed E-state index contributed by atoms with van der Waals surface area (Å²) in [6, 6.07) is -0.365. The first kappa shape index (κ1) is 15.4. The zero-order valence-corrected chi connectivity index (χ0v) is 11.8. The van der Waals surface area contributed by atoms with Crippen molar-refractivity contribution in [2.75, 3.05) is 6.61 Å². The summed E-state index contributed by atoms with van der Waals surface area (Å²) in [7, 11) is 0. The standard InChI is InChI=1S/C13H21N3O3/c1-7(2)5-10(6-17)16-13(19)11-12(18)15-9(4)8(3)14-11/h7,10,17H,5-6H2,1-4H3,(H,15,18)(H,16,19). The largest absolute Gasteiger partial charge is 0.394 e. The summed E-state index contributed by atoms with van der Waals surface area (Å²) in [6.45, 7) is 7.28. The Bertz CT molecular complexity index is 508. The number of carbonyl (C=O) groups is 1. The Hall–Kier alpha value is -1.69. The quantitative estimate of drug-likeness (QED) is 0.725. The third-order valence-electron chi connectivity index (χ3n) is 2.86. The van der Waals surface area contributed by atoms with Crippen molar-refractivity contribution < 1.29 is 9.90 Å². The molecule has 1 aromatic rings. The number of hydrogen-bond donors (Lipinski definition) is 3. The highest BCUT2D eigenvalue weighted by Gasteiger charge is 2.18. The Labute approximate surface area is 112 Å². The summed E-state index contributed by atoms with van der Waals surface area (Å²) in [4.78, 5) is 30.2. The second kappa shape index (κ2) is 6.47. The lowest BCUT2D eigenvalue weighted by molar-refractivity contribution is 0.0901.